The summed E-state index contributed by atoms with van der Waals surface area (Å²) in [6.45, 7) is 2.03. The van der Waals surface area contributed by atoms with Crippen molar-refractivity contribution in [2.45, 2.75) is 26.2 Å². The number of phenols is 1. The van der Waals surface area contributed by atoms with Gasteiger partial charge in [0.05, 0.1) is 5.02 Å². The lowest BCUT2D eigenvalue weighted by Gasteiger charge is -2.05. The first-order valence-corrected chi connectivity index (χ1v) is 5.29. The molecule has 82 valence electrons. The molecule has 1 rings (SSSR count). The van der Waals surface area contributed by atoms with Gasteiger partial charge in [-0.05, 0) is 18.6 Å². The number of amides is 1. The van der Waals surface area contributed by atoms with Crippen molar-refractivity contribution in [1.82, 2.24) is 0 Å². The van der Waals surface area contributed by atoms with Gasteiger partial charge < -0.3 is 10.4 Å². The molecule has 1 aromatic carbocycles. The monoisotopic (exact) mass is 227 g/mol. The quantitative estimate of drug-likeness (QED) is 0.830. The number of aromatic hydroxyl groups is 1. The Bertz CT molecular complexity index is 352. The Morgan fingerprint density at radius 1 is 1.53 bits per heavy atom. The lowest BCUT2D eigenvalue weighted by molar-refractivity contribution is -0.116. The predicted molar refractivity (Wildman–Crippen MR) is 61.3 cm³/mol. The number of hydrogen-bond acceptors (Lipinski definition) is 2. The highest BCUT2D eigenvalue weighted by atomic mass is 35.5. The maximum atomic E-state index is 11.3. The lowest BCUT2D eigenvalue weighted by atomic mass is 10.2. The van der Waals surface area contributed by atoms with Crippen LogP contribution >= 0.6 is 11.6 Å². The van der Waals surface area contributed by atoms with Crippen LogP contribution in [0, 0.1) is 0 Å². The molecule has 0 saturated carbocycles. The van der Waals surface area contributed by atoms with Gasteiger partial charge in [-0.15, -0.1) is 0 Å². The number of benzene rings is 1. The minimum Gasteiger partial charge on any atom is -0.506 e. The van der Waals surface area contributed by atoms with E-state index in [-0.39, 0.29) is 16.7 Å². The van der Waals surface area contributed by atoms with Crippen LogP contribution in [0.15, 0.2) is 18.2 Å². The number of anilines is 1. The Hall–Kier alpha value is -1.22. The fraction of sp³-hybridized carbons (Fsp3) is 0.364. The molecule has 0 atom stereocenters. The van der Waals surface area contributed by atoms with E-state index >= 15 is 0 Å². The number of hydrogen-bond donors (Lipinski definition) is 2. The first-order valence-electron chi connectivity index (χ1n) is 4.92. The molecule has 0 saturated heterocycles. The maximum absolute atomic E-state index is 11.3. The van der Waals surface area contributed by atoms with E-state index in [9.17, 15) is 9.90 Å². The van der Waals surface area contributed by atoms with Gasteiger partial charge in [0, 0.05) is 18.2 Å². The van der Waals surface area contributed by atoms with Gasteiger partial charge in [0.15, 0.2) is 0 Å². The molecule has 4 heteroatoms. The van der Waals surface area contributed by atoms with E-state index in [1.165, 1.54) is 6.07 Å². The lowest BCUT2D eigenvalue weighted by Crippen LogP contribution is -2.10. The molecule has 0 aliphatic heterocycles. The van der Waals surface area contributed by atoms with Crippen molar-refractivity contribution in [2.24, 2.45) is 0 Å². The second-order valence-corrected chi connectivity index (χ2v) is 3.73. The third kappa shape index (κ3) is 3.80. The summed E-state index contributed by atoms with van der Waals surface area (Å²) in [6, 6.07) is 4.64. The van der Waals surface area contributed by atoms with Crippen molar-refractivity contribution in [3.05, 3.63) is 23.2 Å². The van der Waals surface area contributed by atoms with Gasteiger partial charge in [0.1, 0.15) is 5.75 Å². The summed E-state index contributed by atoms with van der Waals surface area (Å²) in [6.07, 6.45) is 2.35. The van der Waals surface area contributed by atoms with Crippen molar-refractivity contribution in [2.75, 3.05) is 5.32 Å². The summed E-state index contributed by atoms with van der Waals surface area (Å²) < 4.78 is 0. The number of carbonyl (C=O) groups is 1. The zero-order chi connectivity index (χ0) is 11.3. The molecule has 0 spiro atoms. The highest BCUT2D eigenvalue weighted by Crippen LogP contribution is 2.26. The van der Waals surface area contributed by atoms with Gasteiger partial charge in [-0.2, -0.15) is 0 Å². The molecule has 15 heavy (non-hydrogen) atoms. The maximum Gasteiger partial charge on any atom is 0.224 e. The van der Waals surface area contributed by atoms with Crippen LogP contribution < -0.4 is 5.32 Å². The van der Waals surface area contributed by atoms with E-state index in [1.807, 2.05) is 6.92 Å². The van der Waals surface area contributed by atoms with Crippen molar-refractivity contribution >= 4 is 23.2 Å². The number of rotatable bonds is 4. The Kier molecular flexibility index (Phi) is 4.43. The summed E-state index contributed by atoms with van der Waals surface area (Å²) in [5, 5.41) is 12.3. The van der Waals surface area contributed by atoms with E-state index in [2.05, 4.69) is 5.32 Å². The molecule has 1 aromatic rings. The summed E-state index contributed by atoms with van der Waals surface area (Å²) in [5.74, 6) is -0.0662. The molecule has 0 aliphatic carbocycles. The molecule has 0 bridgehead atoms. The second-order valence-electron chi connectivity index (χ2n) is 3.32. The van der Waals surface area contributed by atoms with E-state index in [0.29, 0.717) is 12.1 Å². The van der Waals surface area contributed by atoms with E-state index < -0.39 is 0 Å². The number of unbranched alkanes of at least 4 members (excludes halogenated alkanes) is 1. The average Bonchev–Trinajstić information content (AvgIpc) is 2.20. The van der Waals surface area contributed by atoms with Gasteiger partial charge >= 0.3 is 0 Å². The zero-order valence-corrected chi connectivity index (χ0v) is 9.34. The third-order valence-electron chi connectivity index (χ3n) is 1.99. The Morgan fingerprint density at radius 2 is 2.27 bits per heavy atom. The van der Waals surface area contributed by atoms with Crippen LogP contribution in [0.2, 0.25) is 5.02 Å². The highest BCUT2D eigenvalue weighted by Gasteiger charge is 2.03. The molecule has 0 radical (unpaired) electrons. The molecule has 3 nitrogen and oxygen atoms in total. The van der Waals surface area contributed by atoms with Gasteiger partial charge in [-0.25, -0.2) is 0 Å². The smallest absolute Gasteiger partial charge is 0.224 e. The zero-order valence-electron chi connectivity index (χ0n) is 8.59. The first kappa shape index (κ1) is 11.9. The second kappa shape index (κ2) is 5.61. The SMILES string of the molecule is CCCCC(=O)Nc1ccc(Cl)c(O)c1. The van der Waals surface area contributed by atoms with Crippen LogP contribution in [0.25, 0.3) is 0 Å². The third-order valence-corrected chi connectivity index (χ3v) is 2.31. The number of nitrogens with one attached hydrogen (secondary N) is 1. The highest BCUT2D eigenvalue weighted by molar-refractivity contribution is 6.32. The van der Waals surface area contributed by atoms with E-state index in [1.54, 1.807) is 12.1 Å². The number of halogens is 1. The fourth-order valence-electron chi connectivity index (χ4n) is 1.15. The van der Waals surface area contributed by atoms with E-state index in [0.717, 1.165) is 12.8 Å². The Balaban J connectivity index is 2.57. The van der Waals surface area contributed by atoms with Crippen LogP contribution in [-0.4, -0.2) is 11.0 Å². The molecular weight excluding hydrogens is 214 g/mol. The number of phenolic OH excluding ortho intramolecular Hbond substituents is 1. The normalized spacial score (nSPS) is 10.0. The topological polar surface area (TPSA) is 49.3 Å². The largest absolute Gasteiger partial charge is 0.506 e. The minimum atomic E-state index is -0.0430. The van der Waals surface area contributed by atoms with E-state index in [4.69, 9.17) is 11.6 Å². The Labute approximate surface area is 94.1 Å². The number of carbonyl (C=O) groups excluding carboxylic acids is 1. The standard InChI is InChI=1S/C11H14ClNO2/c1-2-3-4-11(15)13-8-5-6-9(12)10(14)7-8/h5-7,14H,2-4H2,1H3,(H,13,15). The molecule has 0 aliphatic rings. The fourth-order valence-corrected chi connectivity index (χ4v) is 1.27. The van der Waals surface area contributed by atoms with Crippen LogP contribution in [0.3, 0.4) is 0 Å². The molecule has 2 N–H and O–H groups in total. The van der Waals surface area contributed by atoms with Crippen LogP contribution in [0.5, 0.6) is 5.75 Å². The van der Waals surface area contributed by atoms with Crippen molar-refractivity contribution in [1.29, 1.82) is 0 Å². The average molecular weight is 228 g/mol. The summed E-state index contributed by atoms with van der Waals surface area (Å²) in [5.41, 5.74) is 0.568. The van der Waals surface area contributed by atoms with Crippen molar-refractivity contribution in [3.8, 4) is 5.75 Å². The molecule has 0 heterocycles. The molecular formula is C11H14ClNO2. The van der Waals surface area contributed by atoms with Crippen LogP contribution in [-0.2, 0) is 4.79 Å². The van der Waals surface area contributed by atoms with Gasteiger partial charge in [0.25, 0.3) is 0 Å². The van der Waals surface area contributed by atoms with Crippen molar-refractivity contribution < 1.29 is 9.90 Å². The molecule has 1 amide bonds. The first-order chi connectivity index (χ1) is 7.13. The van der Waals surface area contributed by atoms with Gasteiger partial charge in [-0.1, -0.05) is 24.9 Å². The molecule has 0 unspecified atom stereocenters. The molecule has 0 fully saturated rings. The van der Waals surface area contributed by atoms with Crippen molar-refractivity contribution in [3.63, 3.8) is 0 Å². The van der Waals surface area contributed by atoms with Gasteiger partial charge in [-0.3, -0.25) is 4.79 Å². The summed E-state index contributed by atoms with van der Waals surface area (Å²) in [4.78, 5) is 11.3. The minimum absolute atomic E-state index is 0.0232. The van der Waals surface area contributed by atoms with Crippen LogP contribution in [0.4, 0.5) is 5.69 Å². The van der Waals surface area contributed by atoms with Crippen LogP contribution in [0.1, 0.15) is 26.2 Å². The predicted octanol–water partition coefficient (Wildman–Crippen LogP) is 3.17. The van der Waals surface area contributed by atoms with Gasteiger partial charge in [0.2, 0.25) is 5.91 Å². The Morgan fingerprint density at radius 3 is 2.87 bits per heavy atom. The molecule has 0 aromatic heterocycles. The summed E-state index contributed by atoms with van der Waals surface area (Å²) >= 11 is 5.64. The summed E-state index contributed by atoms with van der Waals surface area (Å²) in [7, 11) is 0.